The Morgan fingerprint density at radius 2 is 2.25 bits per heavy atom. The third kappa shape index (κ3) is 2.29. The summed E-state index contributed by atoms with van der Waals surface area (Å²) < 4.78 is 14.5. The van der Waals surface area contributed by atoms with Gasteiger partial charge < -0.3 is 10.8 Å². The zero-order valence-electron chi connectivity index (χ0n) is 8.92. The fraction of sp³-hybridized carbons (Fsp3) is 0.500. The lowest BCUT2D eigenvalue weighted by Gasteiger charge is -2.36. The summed E-state index contributed by atoms with van der Waals surface area (Å²) >= 11 is 3.29. The highest BCUT2D eigenvalue weighted by molar-refractivity contribution is 9.10. The van der Waals surface area contributed by atoms with E-state index in [0.29, 0.717) is 18.4 Å². The first-order chi connectivity index (χ1) is 7.51. The lowest BCUT2D eigenvalue weighted by Crippen LogP contribution is -2.39. The molecule has 2 unspecified atom stereocenters. The highest BCUT2D eigenvalue weighted by Crippen LogP contribution is 2.38. The minimum atomic E-state index is -1.11. The summed E-state index contributed by atoms with van der Waals surface area (Å²) in [6, 6.07) is 4.60. The Balaban J connectivity index is 2.37. The number of hydrogen-bond acceptors (Lipinski definition) is 2. The van der Waals surface area contributed by atoms with Crippen LogP contribution >= 0.6 is 15.9 Å². The normalized spacial score (nSPS) is 30.4. The van der Waals surface area contributed by atoms with Gasteiger partial charge in [-0.1, -0.05) is 15.9 Å². The van der Waals surface area contributed by atoms with Gasteiger partial charge in [0.15, 0.2) is 0 Å². The van der Waals surface area contributed by atoms with Gasteiger partial charge in [0.2, 0.25) is 0 Å². The summed E-state index contributed by atoms with van der Waals surface area (Å²) in [7, 11) is 0. The molecular weight excluding hydrogens is 273 g/mol. The molecule has 2 nitrogen and oxygen atoms in total. The van der Waals surface area contributed by atoms with Crippen LogP contribution in [0.25, 0.3) is 0 Å². The van der Waals surface area contributed by atoms with Gasteiger partial charge in [0.25, 0.3) is 0 Å². The summed E-state index contributed by atoms with van der Waals surface area (Å²) in [6.07, 6.45) is 2.75. The van der Waals surface area contributed by atoms with Crippen molar-refractivity contribution in [2.75, 3.05) is 0 Å². The molecule has 1 aromatic carbocycles. The molecule has 2 atom stereocenters. The van der Waals surface area contributed by atoms with Crippen LogP contribution in [0.4, 0.5) is 4.39 Å². The quantitative estimate of drug-likeness (QED) is 0.834. The summed E-state index contributed by atoms with van der Waals surface area (Å²) in [4.78, 5) is 0. The van der Waals surface area contributed by atoms with Crippen molar-refractivity contribution in [3.8, 4) is 0 Å². The lowest BCUT2D eigenvalue weighted by atomic mass is 9.77. The molecule has 0 amide bonds. The second kappa shape index (κ2) is 4.43. The molecule has 1 aliphatic carbocycles. The molecule has 0 bridgehead atoms. The third-order valence-corrected chi connectivity index (χ3v) is 3.69. The van der Waals surface area contributed by atoms with Crippen molar-refractivity contribution in [3.05, 3.63) is 34.1 Å². The molecule has 4 heteroatoms. The molecule has 3 N–H and O–H groups in total. The van der Waals surface area contributed by atoms with Crippen LogP contribution in [0.15, 0.2) is 22.7 Å². The predicted molar refractivity (Wildman–Crippen MR) is 64.4 cm³/mol. The van der Waals surface area contributed by atoms with E-state index in [1.165, 1.54) is 6.07 Å². The molecule has 0 aromatic heterocycles. The molecule has 1 saturated carbocycles. The second-order valence-electron chi connectivity index (χ2n) is 4.51. The van der Waals surface area contributed by atoms with Gasteiger partial charge in [-0.3, -0.25) is 0 Å². The van der Waals surface area contributed by atoms with Crippen LogP contribution in [0.2, 0.25) is 0 Å². The van der Waals surface area contributed by atoms with Gasteiger partial charge in [-0.25, -0.2) is 4.39 Å². The number of benzene rings is 1. The van der Waals surface area contributed by atoms with Gasteiger partial charge in [-0.2, -0.15) is 0 Å². The summed E-state index contributed by atoms with van der Waals surface area (Å²) in [5.74, 6) is -0.361. The average Bonchev–Trinajstić information content (AvgIpc) is 2.21. The van der Waals surface area contributed by atoms with Crippen molar-refractivity contribution in [1.82, 2.24) is 0 Å². The first kappa shape index (κ1) is 12.0. The van der Waals surface area contributed by atoms with E-state index in [4.69, 9.17) is 5.73 Å². The van der Waals surface area contributed by atoms with E-state index >= 15 is 0 Å². The zero-order valence-corrected chi connectivity index (χ0v) is 10.5. The largest absolute Gasteiger partial charge is 0.385 e. The molecule has 0 saturated heterocycles. The highest BCUT2D eigenvalue weighted by Gasteiger charge is 2.36. The first-order valence-corrected chi connectivity index (χ1v) is 6.24. The Labute approximate surface area is 103 Å². The van der Waals surface area contributed by atoms with Crippen LogP contribution in [0.5, 0.6) is 0 Å². The molecule has 2 rings (SSSR count). The Kier molecular flexibility index (Phi) is 3.33. The van der Waals surface area contributed by atoms with E-state index in [-0.39, 0.29) is 11.9 Å². The van der Waals surface area contributed by atoms with E-state index in [1.54, 1.807) is 12.1 Å². The molecule has 16 heavy (non-hydrogen) atoms. The van der Waals surface area contributed by atoms with Crippen LogP contribution in [-0.4, -0.2) is 11.1 Å². The minimum Gasteiger partial charge on any atom is -0.385 e. The molecular formula is C12H15BrFNO. The minimum absolute atomic E-state index is 0.0443. The molecule has 1 aromatic rings. The van der Waals surface area contributed by atoms with Gasteiger partial charge in [0.05, 0.1) is 5.60 Å². The smallest absolute Gasteiger partial charge is 0.129 e. The Hall–Kier alpha value is -0.450. The SMILES string of the molecule is NC1CCCC(O)(c2cc(Br)ccc2F)C1. The van der Waals surface area contributed by atoms with Crippen LogP contribution < -0.4 is 5.73 Å². The molecule has 0 heterocycles. The van der Waals surface area contributed by atoms with Crippen molar-refractivity contribution in [3.63, 3.8) is 0 Å². The Morgan fingerprint density at radius 1 is 1.50 bits per heavy atom. The third-order valence-electron chi connectivity index (χ3n) is 3.19. The number of aliphatic hydroxyl groups is 1. The first-order valence-electron chi connectivity index (χ1n) is 5.45. The van der Waals surface area contributed by atoms with Gasteiger partial charge in [-0.05, 0) is 43.9 Å². The zero-order chi connectivity index (χ0) is 11.8. The van der Waals surface area contributed by atoms with Gasteiger partial charge in [0.1, 0.15) is 5.82 Å². The molecule has 0 radical (unpaired) electrons. The van der Waals surface area contributed by atoms with E-state index in [2.05, 4.69) is 15.9 Å². The van der Waals surface area contributed by atoms with Crippen LogP contribution in [0.1, 0.15) is 31.2 Å². The summed E-state index contributed by atoms with van der Waals surface area (Å²) in [5.41, 5.74) is 5.09. The molecule has 0 spiro atoms. The van der Waals surface area contributed by atoms with E-state index in [1.807, 2.05) is 0 Å². The summed E-state index contributed by atoms with van der Waals surface area (Å²) in [6.45, 7) is 0. The maximum atomic E-state index is 13.7. The average molecular weight is 288 g/mol. The fourth-order valence-electron chi connectivity index (χ4n) is 2.39. The summed E-state index contributed by atoms with van der Waals surface area (Å²) in [5, 5.41) is 10.5. The van der Waals surface area contributed by atoms with E-state index in [0.717, 1.165) is 17.3 Å². The van der Waals surface area contributed by atoms with Crippen LogP contribution in [0.3, 0.4) is 0 Å². The maximum Gasteiger partial charge on any atom is 0.129 e. The second-order valence-corrected chi connectivity index (χ2v) is 5.43. The fourth-order valence-corrected chi connectivity index (χ4v) is 2.75. The Bertz CT molecular complexity index is 399. The van der Waals surface area contributed by atoms with Crippen molar-refractivity contribution in [1.29, 1.82) is 0 Å². The van der Waals surface area contributed by atoms with Gasteiger partial charge >= 0.3 is 0 Å². The lowest BCUT2D eigenvalue weighted by molar-refractivity contribution is -0.0102. The predicted octanol–water partition coefficient (Wildman–Crippen LogP) is 2.68. The monoisotopic (exact) mass is 287 g/mol. The van der Waals surface area contributed by atoms with Gasteiger partial charge in [0, 0.05) is 16.1 Å². The maximum absolute atomic E-state index is 13.7. The van der Waals surface area contributed by atoms with Crippen LogP contribution in [-0.2, 0) is 5.60 Å². The Morgan fingerprint density at radius 3 is 2.94 bits per heavy atom. The van der Waals surface area contributed by atoms with Crippen molar-refractivity contribution in [2.24, 2.45) is 5.73 Å². The van der Waals surface area contributed by atoms with Gasteiger partial charge in [-0.15, -0.1) is 0 Å². The number of rotatable bonds is 1. The topological polar surface area (TPSA) is 46.2 Å². The molecule has 1 fully saturated rings. The molecule has 0 aliphatic heterocycles. The molecule has 88 valence electrons. The van der Waals surface area contributed by atoms with Crippen LogP contribution in [0, 0.1) is 5.82 Å². The number of halogens is 2. The molecule has 1 aliphatic rings. The van der Waals surface area contributed by atoms with Crippen molar-refractivity contribution < 1.29 is 9.50 Å². The highest BCUT2D eigenvalue weighted by atomic mass is 79.9. The standard InChI is InChI=1S/C12H15BrFNO/c13-8-3-4-11(14)10(6-8)12(16)5-1-2-9(15)7-12/h3-4,6,9,16H,1-2,5,7,15H2. The van der Waals surface area contributed by atoms with E-state index < -0.39 is 5.60 Å². The van der Waals surface area contributed by atoms with Crippen molar-refractivity contribution >= 4 is 15.9 Å². The van der Waals surface area contributed by atoms with E-state index in [9.17, 15) is 9.50 Å². The number of hydrogen-bond donors (Lipinski definition) is 2. The van der Waals surface area contributed by atoms with Crippen molar-refractivity contribution in [2.45, 2.75) is 37.3 Å². The number of nitrogens with two attached hydrogens (primary N) is 1.